The Morgan fingerprint density at radius 2 is 2.14 bits per heavy atom. The van der Waals surface area contributed by atoms with Gasteiger partial charge >= 0.3 is 0 Å². The highest BCUT2D eigenvalue weighted by Gasteiger charge is 1.92. The van der Waals surface area contributed by atoms with Crippen LogP contribution in [0, 0.1) is 0 Å². The Morgan fingerprint density at radius 1 is 1.71 bits per heavy atom. The van der Waals surface area contributed by atoms with Gasteiger partial charge in [-0.25, -0.2) is 0 Å². The number of rotatable bonds is 1. The standard InChI is InChI=1S/C2H6N3PS/c1-6(2,7)5-4-3/h1-2H3. The molecule has 0 saturated heterocycles. The lowest BCUT2D eigenvalue weighted by atomic mass is 11.9. The van der Waals surface area contributed by atoms with E-state index in [4.69, 9.17) is 17.3 Å². The molecule has 0 aliphatic rings. The van der Waals surface area contributed by atoms with E-state index in [0.29, 0.717) is 0 Å². The minimum absolute atomic E-state index is 1.62. The summed E-state index contributed by atoms with van der Waals surface area (Å²) >= 11 is 4.77. The van der Waals surface area contributed by atoms with Gasteiger partial charge in [0.25, 0.3) is 0 Å². The monoisotopic (exact) mass is 135 g/mol. The van der Waals surface area contributed by atoms with Crippen molar-refractivity contribution in [3.8, 4) is 0 Å². The third-order valence-electron chi connectivity index (χ3n) is 0.255. The minimum Gasteiger partial charge on any atom is -0.0912 e. The molecule has 0 aromatic heterocycles. The van der Waals surface area contributed by atoms with E-state index < -0.39 is 6.19 Å². The van der Waals surface area contributed by atoms with Crippen molar-refractivity contribution >= 4 is 18.0 Å². The first kappa shape index (κ1) is 6.96. The molecule has 0 saturated carbocycles. The van der Waals surface area contributed by atoms with E-state index in [1.165, 1.54) is 0 Å². The van der Waals surface area contributed by atoms with Gasteiger partial charge < -0.3 is 0 Å². The first-order valence-corrected chi connectivity index (χ1v) is 5.33. The zero-order valence-electron chi connectivity index (χ0n) is 4.20. The highest BCUT2D eigenvalue weighted by atomic mass is 32.4. The number of nitrogens with zero attached hydrogens (tertiary/aromatic N) is 3. The number of hydrogen-bond donors (Lipinski definition) is 0. The zero-order chi connectivity index (χ0) is 5.91. The molecule has 0 spiro atoms. The fourth-order valence-corrected chi connectivity index (χ4v) is 0.387. The molecule has 0 aliphatic carbocycles. The molecule has 40 valence electrons. The zero-order valence-corrected chi connectivity index (χ0v) is 5.91. The summed E-state index contributed by atoms with van der Waals surface area (Å²) in [6.07, 6.45) is -1.62. The maximum Gasteiger partial charge on any atom is 0.0370 e. The first-order valence-electron chi connectivity index (χ1n) is 1.68. The molecule has 0 rings (SSSR count). The van der Waals surface area contributed by atoms with E-state index in [2.05, 4.69) is 9.80 Å². The predicted octanol–water partition coefficient (Wildman–Crippen LogP) is 1.95. The van der Waals surface area contributed by atoms with Crippen LogP contribution in [-0.2, 0) is 11.8 Å². The third-order valence-corrected chi connectivity index (χ3v) is 0.985. The van der Waals surface area contributed by atoms with E-state index in [1.54, 1.807) is 13.3 Å². The average Bonchev–Trinajstić information content (AvgIpc) is 1.30. The van der Waals surface area contributed by atoms with Crippen LogP contribution < -0.4 is 0 Å². The van der Waals surface area contributed by atoms with Gasteiger partial charge in [0.15, 0.2) is 0 Å². The maximum atomic E-state index is 7.82. The second-order valence-corrected chi connectivity index (χ2v) is 6.92. The van der Waals surface area contributed by atoms with Gasteiger partial charge in [-0.2, -0.15) is 0 Å². The molecule has 0 radical (unpaired) electrons. The lowest BCUT2D eigenvalue weighted by molar-refractivity contribution is 1.73. The SMILES string of the molecule is CP(C)(=S)N=[N+]=[N-]. The Bertz CT molecular complexity index is 141. The van der Waals surface area contributed by atoms with Crippen molar-refractivity contribution in [1.82, 2.24) is 0 Å². The van der Waals surface area contributed by atoms with Gasteiger partial charge in [-0.15, -0.1) is 0 Å². The molecule has 0 aromatic rings. The Kier molecular flexibility index (Phi) is 2.30. The molecular formula is C2H6N3PS. The Balaban J connectivity index is 4.10. The molecule has 0 heterocycles. The van der Waals surface area contributed by atoms with Gasteiger partial charge in [-0.05, 0) is 18.9 Å². The van der Waals surface area contributed by atoms with Crippen LogP contribution in [0.25, 0.3) is 10.4 Å². The predicted molar refractivity (Wildman–Crippen MR) is 35.3 cm³/mol. The van der Waals surface area contributed by atoms with Crippen LogP contribution >= 0.6 is 6.19 Å². The van der Waals surface area contributed by atoms with E-state index in [0.717, 1.165) is 0 Å². The second-order valence-electron chi connectivity index (χ2n) is 1.47. The molecule has 0 aromatic carbocycles. The molecule has 0 amide bonds. The molecular weight excluding hydrogens is 129 g/mol. The van der Waals surface area contributed by atoms with Crippen molar-refractivity contribution in [3.05, 3.63) is 10.4 Å². The van der Waals surface area contributed by atoms with Crippen LogP contribution in [0.2, 0.25) is 0 Å². The largest absolute Gasteiger partial charge is 0.0912 e. The van der Waals surface area contributed by atoms with Crippen molar-refractivity contribution in [2.24, 2.45) is 4.88 Å². The maximum absolute atomic E-state index is 7.82. The van der Waals surface area contributed by atoms with Gasteiger partial charge in [-0.1, -0.05) is 16.7 Å². The summed E-state index contributed by atoms with van der Waals surface area (Å²) in [6, 6.07) is 0. The number of azide groups is 1. The topological polar surface area (TPSA) is 48.8 Å². The summed E-state index contributed by atoms with van der Waals surface area (Å²) in [7, 11) is 0. The highest BCUT2D eigenvalue weighted by Crippen LogP contribution is 2.37. The average molecular weight is 135 g/mol. The molecule has 5 heteroatoms. The normalized spacial score (nSPS) is 10.0. The minimum atomic E-state index is -1.62. The second kappa shape index (κ2) is 2.31. The third kappa shape index (κ3) is 5.96. The summed E-state index contributed by atoms with van der Waals surface area (Å²) in [5.41, 5.74) is 7.82. The summed E-state index contributed by atoms with van der Waals surface area (Å²) in [5, 5.41) is 0. The Morgan fingerprint density at radius 3 is 2.14 bits per heavy atom. The fraction of sp³-hybridized carbons (Fsp3) is 1.00. The van der Waals surface area contributed by atoms with Crippen LogP contribution in [0.15, 0.2) is 4.88 Å². The smallest absolute Gasteiger partial charge is 0.0370 e. The molecule has 7 heavy (non-hydrogen) atoms. The molecule has 0 bridgehead atoms. The van der Waals surface area contributed by atoms with Crippen LogP contribution in [0.5, 0.6) is 0 Å². The lowest BCUT2D eigenvalue weighted by Gasteiger charge is -1.93. The molecule has 0 atom stereocenters. The number of hydrogen-bond acceptors (Lipinski definition) is 1. The van der Waals surface area contributed by atoms with Crippen LogP contribution in [0.4, 0.5) is 0 Å². The molecule has 0 unspecified atom stereocenters. The molecule has 0 N–H and O–H groups in total. The molecule has 0 fully saturated rings. The van der Waals surface area contributed by atoms with Crippen molar-refractivity contribution in [1.29, 1.82) is 0 Å². The van der Waals surface area contributed by atoms with Crippen molar-refractivity contribution < 1.29 is 0 Å². The van der Waals surface area contributed by atoms with E-state index in [-0.39, 0.29) is 0 Å². The molecule has 3 nitrogen and oxygen atoms in total. The van der Waals surface area contributed by atoms with Gasteiger partial charge in [0.05, 0.1) is 0 Å². The van der Waals surface area contributed by atoms with Gasteiger partial charge in [0.2, 0.25) is 0 Å². The fourth-order valence-electron chi connectivity index (χ4n) is 0.0963. The Hall–Kier alpha value is -0.0400. The van der Waals surface area contributed by atoms with Gasteiger partial charge in [0, 0.05) is 11.1 Å². The van der Waals surface area contributed by atoms with Crippen molar-refractivity contribution in [2.75, 3.05) is 13.3 Å². The summed E-state index contributed by atoms with van der Waals surface area (Å²) in [6.45, 7) is 3.56. The Labute approximate surface area is 47.4 Å². The van der Waals surface area contributed by atoms with Crippen LogP contribution in [0.3, 0.4) is 0 Å². The summed E-state index contributed by atoms with van der Waals surface area (Å²) in [5.74, 6) is 0. The highest BCUT2D eigenvalue weighted by molar-refractivity contribution is 8.13. The van der Waals surface area contributed by atoms with Gasteiger partial charge in [-0.3, -0.25) is 0 Å². The first-order chi connectivity index (χ1) is 3.06. The van der Waals surface area contributed by atoms with Crippen LogP contribution in [-0.4, -0.2) is 13.3 Å². The quantitative estimate of drug-likeness (QED) is 0.234. The van der Waals surface area contributed by atoms with Crippen molar-refractivity contribution in [3.63, 3.8) is 0 Å². The van der Waals surface area contributed by atoms with Crippen molar-refractivity contribution in [2.45, 2.75) is 0 Å². The summed E-state index contributed by atoms with van der Waals surface area (Å²) in [4.78, 5) is 5.94. The van der Waals surface area contributed by atoms with E-state index in [9.17, 15) is 0 Å². The van der Waals surface area contributed by atoms with Gasteiger partial charge in [0.1, 0.15) is 0 Å². The molecule has 0 aliphatic heterocycles. The van der Waals surface area contributed by atoms with E-state index in [1.807, 2.05) is 0 Å². The van der Waals surface area contributed by atoms with Crippen LogP contribution in [0.1, 0.15) is 0 Å². The lowest BCUT2D eigenvalue weighted by Crippen LogP contribution is -1.58. The summed E-state index contributed by atoms with van der Waals surface area (Å²) < 4.78 is 0. The van der Waals surface area contributed by atoms with E-state index >= 15 is 0 Å².